The Bertz CT molecular complexity index is 799. The van der Waals surface area contributed by atoms with Gasteiger partial charge in [-0.05, 0) is 31.2 Å². The van der Waals surface area contributed by atoms with Crippen LogP contribution in [0.1, 0.15) is 37.6 Å². The molecule has 0 unspecified atom stereocenters. The number of nitrogens with one attached hydrogen (secondary N) is 2. The highest BCUT2D eigenvalue weighted by atomic mass is 127. The molecule has 0 spiro atoms. The minimum Gasteiger partial charge on any atom is -0.359 e. The van der Waals surface area contributed by atoms with Crippen molar-refractivity contribution < 1.29 is 4.79 Å². The Labute approximate surface area is 196 Å². The van der Waals surface area contributed by atoms with E-state index in [-0.39, 0.29) is 29.9 Å². The van der Waals surface area contributed by atoms with E-state index < -0.39 is 0 Å². The first-order valence-corrected chi connectivity index (χ1v) is 10.5. The normalized spacial score (nSPS) is 14.9. The fourth-order valence-electron chi connectivity index (χ4n) is 3.70. The lowest BCUT2D eigenvalue weighted by Crippen LogP contribution is -2.46. The molecule has 0 radical (unpaired) electrons. The Morgan fingerprint density at radius 3 is 2.63 bits per heavy atom. The standard InChI is InChI=1S/C22H32N6O.HI/c1-3-24-22(27-12-9-18(10-13-27)15-21(29)23-2)26-16-20-25-11-14-28(20)17-19-7-5-4-6-8-19;/h4-8,11,14,18H,3,9-10,12-13,15-17H2,1-2H3,(H,23,29)(H,24,26);1H. The summed E-state index contributed by atoms with van der Waals surface area (Å²) in [6.07, 6.45) is 6.50. The van der Waals surface area contributed by atoms with Crippen LogP contribution in [0.4, 0.5) is 0 Å². The summed E-state index contributed by atoms with van der Waals surface area (Å²) in [6, 6.07) is 10.4. The molecular formula is C22H33IN6O. The number of aliphatic imine (C=N–C) groups is 1. The molecule has 8 heteroatoms. The molecule has 7 nitrogen and oxygen atoms in total. The number of aromatic nitrogens is 2. The predicted molar refractivity (Wildman–Crippen MR) is 131 cm³/mol. The summed E-state index contributed by atoms with van der Waals surface area (Å²) in [5.41, 5.74) is 1.25. The van der Waals surface area contributed by atoms with Crippen molar-refractivity contribution in [2.75, 3.05) is 26.7 Å². The van der Waals surface area contributed by atoms with Gasteiger partial charge in [0.05, 0.1) is 0 Å². The summed E-state index contributed by atoms with van der Waals surface area (Å²) < 4.78 is 2.15. The molecule has 164 valence electrons. The molecule has 1 saturated heterocycles. The van der Waals surface area contributed by atoms with E-state index in [1.807, 2.05) is 18.5 Å². The van der Waals surface area contributed by atoms with Gasteiger partial charge in [0.1, 0.15) is 12.4 Å². The Hall–Kier alpha value is -2.10. The highest BCUT2D eigenvalue weighted by Gasteiger charge is 2.23. The van der Waals surface area contributed by atoms with Gasteiger partial charge in [-0.15, -0.1) is 24.0 Å². The monoisotopic (exact) mass is 524 g/mol. The van der Waals surface area contributed by atoms with Crippen LogP contribution in [0, 0.1) is 5.92 Å². The zero-order valence-corrected chi connectivity index (χ0v) is 20.2. The van der Waals surface area contributed by atoms with Crippen LogP contribution in [0.5, 0.6) is 0 Å². The third kappa shape index (κ3) is 7.00. The van der Waals surface area contributed by atoms with Crippen molar-refractivity contribution in [3.8, 4) is 0 Å². The van der Waals surface area contributed by atoms with E-state index in [9.17, 15) is 4.79 Å². The third-order valence-corrected chi connectivity index (χ3v) is 5.37. The van der Waals surface area contributed by atoms with Crippen LogP contribution >= 0.6 is 24.0 Å². The number of nitrogens with zero attached hydrogens (tertiary/aromatic N) is 4. The molecule has 2 aromatic rings. The van der Waals surface area contributed by atoms with Crippen LogP contribution in [0.15, 0.2) is 47.7 Å². The number of hydrogen-bond acceptors (Lipinski definition) is 3. The zero-order chi connectivity index (χ0) is 20.5. The van der Waals surface area contributed by atoms with Gasteiger partial charge in [-0.25, -0.2) is 9.98 Å². The van der Waals surface area contributed by atoms with Gasteiger partial charge < -0.3 is 20.1 Å². The predicted octanol–water partition coefficient (Wildman–Crippen LogP) is 2.86. The molecule has 1 aromatic heterocycles. The molecule has 1 aliphatic heterocycles. The minimum absolute atomic E-state index is 0. The first-order valence-electron chi connectivity index (χ1n) is 10.5. The molecule has 1 amide bonds. The number of carbonyl (C=O) groups is 1. The number of likely N-dealkylation sites (tertiary alicyclic amines) is 1. The van der Waals surface area contributed by atoms with Crippen molar-refractivity contribution in [1.29, 1.82) is 0 Å². The maximum Gasteiger partial charge on any atom is 0.220 e. The molecule has 30 heavy (non-hydrogen) atoms. The van der Waals surface area contributed by atoms with Gasteiger partial charge in [-0.1, -0.05) is 30.3 Å². The SMILES string of the molecule is CCNC(=NCc1nccn1Cc1ccccc1)N1CCC(CC(=O)NC)CC1.I. The van der Waals surface area contributed by atoms with Crippen molar-refractivity contribution >= 4 is 35.8 Å². The summed E-state index contributed by atoms with van der Waals surface area (Å²) in [6.45, 7) is 6.10. The van der Waals surface area contributed by atoms with Crippen LogP contribution in [-0.2, 0) is 17.9 Å². The van der Waals surface area contributed by atoms with E-state index in [0.29, 0.717) is 18.9 Å². The molecule has 2 heterocycles. The second-order valence-electron chi connectivity index (χ2n) is 7.43. The maximum atomic E-state index is 11.6. The molecule has 2 N–H and O–H groups in total. The van der Waals surface area contributed by atoms with Gasteiger partial charge in [-0.2, -0.15) is 0 Å². The fourth-order valence-corrected chi connectivity index (χ4v) is 3.70. The quantitative estimate of drug-likeness (QED) is 0.332. The number of benzene rings is 1. The van der Waals surface area contributed by atoms with Crippen LogP contribution < -0.4 is 10.6 Å². The van der Waals surface area contributed by atoms with Gasteiger partial charge in [-0.3, -0.25) is 4.79 Å². The van der Waals surface area contributed by atoms with Crippen LogP contribution in [0.2, 0.25) is 0 Å². The summed E-state index contributed by atoms with van der Waals surface area (Å²) in [5, 5.41) is 6.14. The molecule has 0 saturated carbocycles. The lowest BCUT2D eigenvalue weighted by molar-refractivity contribution is -0.121. The zero-order valence-electron chi connectivity index (χ0n) is 17.9. The van der Waals surface area contributed by atoms with E-state index in [0.717, 1.165) is 50.8 Å². The average Bonchev–Trinajstić information content (AvgIpc) is 3.19. The Morgan fingerprint density at radius 1 is 1.23 bits per heavy atom. The van der Waals surface area contributed by atoms with E-state index in [1.165, 1.54) is 5.56 Å². The number of rotatable bonds is 7. The maximum absolute atomic E-state index is 11.6. The Balaban J connectivity index is 0.00000320. The minimum atomic E-state index is 0. The molecule has 0 aliphatic carbocycles. The molecule has 3 rings (SSSR count). The number of carbonyl (C=O) groups excluding carboxylic acids is 1. The number of amides is 1. The van der Waals surface area contributed by atoms with Crippen LogP contribution in [0.3, 0.4) is 0 Å². The molecule has 1 aliphatic rings. The van der Waals surface area contributed by atoms with E-state index in [4.69, 9.17) is 4.99 Å². The third-order valence-electron chi connectivity index (χ3n) is 5.37. The van der Waals surface area contributed by atoms with Gasteiger partial charge >= 0.3 is 0 Å². The number of guanidine groups is 1. The number of hydrogen-bond donors (Lipinski definition) is 2. The summed E-state index contributed by atoms with van der Waals surface area (Å²) in [5.74, 6) is 2.48. The second-order valence-corrected chi connectivity index (χ2v) is 7.43. The van der Waals surface area contributed by atoms with Crippen molar-refractivity contribution in [3.05, 3.63) is 54.1 Å². The Kier molecular flexibility index (Phi) is 10.1. The number of halogens is 1. The van der Waals surface area contributed by atoms with Crippen molar-refractivity contribution in [3.63, 3.8) is 0 Å². The van der Waals surface area contributed by atoms with Crippen LogP contribution in [-0.4, -0.2) is 53.0 Å². The lowest BCUT2D eigenvalue weighted by atomic mass is 9.93. The largest absolute Gasteiger partial charge is 0.359 e. The number of imidazole rings is 1. The van der Waals surface area contributed by atoms with E-state index >= 15 is 0 Å². The first-order chi connectivity index (χ1) is 14.2. The summed E-state index contributed by atoms with van der Waals surface area (Å²) in [7, 11) is 1.70. The van der Waals surface area contributed by atoms with E-state index in [2.05, 4.69) is 56.3 Å². The summed E-state index contributed by atoms with van der Waals surface area (Å²) >= 11 is 0. The van der Waals surface area contributed by atoms with E-state index in [1.54, 1.807) is 7.05 Å². The van der Waals surface area contributed by atoms with Crippen molar-refractivity contribution in [2.24, 2.45) is 10.9 Å². The summed E-state index contributed by atoms with van der Waals surface area (Å²) in [4.78, 5) is 23.3. The van der Waals surface area contributed by atoms with Gasteiger partial charge in [0.15, 0.2) is 5.96 Å². The highest BCUT2D eigenvalue weighted by molar-refractivity contribution is 14.0. The first kappa shape index (κ1) is 24.2. The molecule has 0 bridgehead atoms. The van der Waals surface area contributed by atoms with Gasteiger partial charge in [0, 0.05) is 52.0 Å². The molecule has 1 fully saturated rings. The molecule has 1 aromatic carbocycles. The smallest absolute Gasteiger partial charge is 0.220 e. The molecular weight excluding hydrogens is 491 g/mol. The lowest BCUT2D eigenvalue weighted by Gasteiger charge is -2.34. The van der Waals surface area contributed by atoms with Gasteiger partial charge in [0.2, 0.25) is 5.91 Å². The molecule has 0 atom stereocenters. The van der Waals surface area contributed by atoms with Crippen molar-refractivity contribution in [2.45, 2.75) is 39.3 Å². The topological polar surface area (TPSA) is 74.5 Å². The average molecular weight is 524 g/mol. The highest BCUT2D eigenvalue weighted by Crippen LogP contribution is 2.20. The fraction of sp³-hybridized carbons (Fsp3) is 0.500. The second kappa shape index (κ2) is 12.6. The van der Waals surface area contributed by atoms with Crippen molar-refractivity contribution in [1.82, 2.24) is 25.1 Å². The van der Waals surface area contributed by atoms with Gasteiger partial charge in [0.25, 0.3) is 0 Å². The number of piperidine rings is 1. The Morgan fingerprint density at radius 2 is 1.97 bits per heavy atom. The van der Waals surface area contributed by atoms with Crippen LogP contribution in [0.25, 0.3) is 0 Å².